The fourth-order valence-electron chi connectivity index (χ4n) is 1.87. The summed E-state index contributed by atoms with van der Waals surface area (Å²) in [6.07, 6.45) is -0.316. The van der Waals surface area contributed by atoms with Crippen molar-refractivity contribution in [3.05, 3.63) is 65.5 Å². The summed E-state index contributed by atoms with van der Waals surface area (Å²) in [6, 6.07) is 12.2. The van der Waals surface area contributed by atoms with E-state index in [1.807, 2.05) is 0 Å². The lowest BCUT2D eigenvalue weighted by Crippen LogP contribution is -2.10. The highest BCUT2D eigenvalue weighted by Crippen LogP contribution is 2.21. The molecule has 2 aromatic rings. The second-order valence-corrected chi connectivity index (χ2v) is 4.23. The summed E-state index contributed by atoms with van der Waals surface area (Å²) in [5.41, 5.74) is 0.535. The van der Waals surface area contributed by atoms with Crippen LogP contribution in [-0.4, -0.2) is 18.7 Å². The normalized spacial score (nSPS) is 10.1. The van der Waals surface area contributed by atoms with E-state index in [0.29, 0.717) is 5.56 Å². The van der Waals surface area contributed by atoms with Gasteiger partial charge in [0.2, 0.25) is 0 Å². The number of Topliss-reactive ketones (excluding diaryl/α,β-unsaturated/α-hetero) is 2. The summed E-state index contributed by atoms with van der Waals surface area (Å²) in [6.45, 7) is 0. The quantitative estimate of drug-likeness (QED) is 0.619. The Morgan fingerprint density at radius 3 is 2.40 bits per heavy atom. The monoisotopic (exact) mass is 272 g/mol. The summed E-state index contributed by atoms with van der Waals surface area (Å²) in [4.78, 5) is 24.1. The van der Waals surface area contributed by atoms with Crippen molar-refractivity contribution >= 4 is 11.6 Å². The van der Waals surface area contributed by atoms with Crippen LogP contribution in [-0.2, 0) is 0 Å². The summed E-state index contributed by atoms with van der Waals surface area (Å²) in [7, 11) is 1.39. The van der Waals surface area contributed by atoms with Crippen molar-refractivity contribution < 1.29 is 18.7 Å². The van der Waals surface area contributed by atoms with Crippen molar-refractivity contribution in [2.45, 2.75) is 6.42 Å². The number of methoxy groups -OCH3 is 1. The summed E-state index contributed by atoms with van der Waals surface area (Å²) in [5.74, 6) is -1.05. The standard InChI is InChI=1S/C16H13FO3/c1-20-16-8-7-12(17)9-13(16)15(19)10-14(18)11-5-3-2-4-6-11/h2-9H,10H2,1H3. The van der Waals surface area contributed by atoms with Crippen LogP contribution in [0.4, 0.5) is 4.39 Å². The van der Waals surface area contributed by atoms with Crippen molar-refractivity contribution in [3.8, 4) is 5.75 Å². The molecule has 0 amide bonds. The summed E-state index contributed by atoms with van der Waals surface area (Å²) < 4.78 is 18.2. The molecule has 0 heterocycles. The highest BCUT2D eigenvalue weighted by Gasteiger charge is 2.17. The van der Waals surface area contributed by atoms with Crippen LogP contribution in [0.15, 0.2) is 48.5 Å². The van der Waals surface area contributed by atoms with E-state index >= 15 is 0 Å². The molecule has 0 N–H and O–H groups in total. The molecular formula is C16H13FO3. The molecule has 0 aliphatic rings. The lowest BCUT2D eigenvalue weighted by Gasteiger charge is -2.07. The highest BCUT2D eigenvalue weighted by molar-refractivity contribution is 6.14. The number of hydrogen-bond acceptors (Lipinski definition) is 3. The van der Waals surface area contributed by atoms with Crippen LogP contribution in [0.1, 0.15) is 27.1 Å². The minimum absolute atomic E-state index is 0.0804. The van der Waals surface area contributed by atoms with E-state index in [1.165, 1.54) is 19.2 Å². The van der Waals surface area contributed by atoms with Gasteiger partial charge in [-0.25, -0.2) is 4.39 Å². The van der Waals surface area contributed by atoms with Crippen molar-refractivity contribution in [1.29, 1.82) is 0 Å². The number of carbonyl (C=O) groups excluding carboxylic acids is 2. The molecule has 4 heteroatoms. The Kier molecular flexibility index (Phi) is 4.25. The second-order valence-electron chi connectivity index (χ2n) is 4.23. The van der Waals surface area contributed by atoms with Gasteiger partial charge in [0.05, 0.1) is 19.1 Å². The minimum atomic E-state index is -0.540. The molecule has 0 spiro atoms. The number of rotatable bonds is 5. The smallest absolute Gasteiger partial charge is 0.174 e. The molecule has 2 aromatic carbocycles. The van der Waals surface area contributed by atoms with E-state index in [-0.39, 0.29) is 23.5 Å². The number of halogens is 1. The van der Waals surface area contributed by atoms with E-state index in [0.717, 1.165) is 6.07 Å². The average Bonchev–Trinajstić information content (AvgIpc) is 2.48. The number of hydrogen-bond donors (Lipinski definition) is 0. The molecule has 0 aromatic heterocycles. The zero-order valence-electron chi connectivity index (χ0n) is 10.9. The van der Waals surface area contributed by atoms with E-state index < -0.39 is 11.6 Å². The predicted octanol–water partition coefficient (Wildman–Crippen LogP) is 3.29. The molecule has 0 saturated carbocycles. The fraction of sp³-hybridized carbons (Fsp3) is 0.125. The van der Waals surface area contributed by atoms with Crippen LogP contribution in [0.5, 0.6) is 5.75 Å². The van der Waals surface area contributed by atoms with Crippen molar-refractivity contribution in [1.82, 2.24) is 0 Å². The maximum absolute atomic E-state index is 13.2. The SMILES string of the molecule is COc1ccc(F)cc1C(=O)CC(=O)c1ccccc1. The fourth-order valence-corrected chi connectivity index (χ4v) is 1.87. The first-order valence-corrected chi connectivity index (χ1v) is 6.07. The third kappa shape index (κ3) is 3.09. The highest BCUT2D eigenvalue weighted by atomic mass is 19.1. The van der Waals surface area contributed by atoms with Gasteiger partial charge in [-0.15, -0.1) is 0 Å². The van der Waals surface area contributed by atoms with Crippen molar-refractivity contribution in [3.63, 3.8) is 0 Å². The number of ketones is 2. The topological polar surface area (TPSA) is 43.4 Å². The molecule has 20 heavy (non-hydrogen) atoms. The van der Waals surface area contributed by atoms with Gasteiger partial charge in [-0.2, -0.15) is 0 Å². The van der Waals surface area contributed by atoms with Gasteiger partial charge in [0.1, 0.15) is 11.6 Å². The molecule has 0 radical (unpaired) electrons. The van der Waals surface area contributed by atoms with Gasteiger partial charge in [-0.05, 0) is 18.2 Å². The van der Waals surface area contributed by atoms with Crippen LogP contribution >= 0.6 is 0 Å². The van der Waals surface area contributed by atoms with Crippen molar-refractivity contribution in [2.24, 2.45) is 0 Å². The Balaban J connectivity index is 2.21. The molecule has 3 nitrogen and oxygen atoms in total. The molecule has 102 valence electrons. The number of ether oxygens (including phenoxy) is 1. The summed E-state index contributed by atoms with van der Waals surface area (Å²) in [5, 5.41) is 0. The Morgan fingerprint density at radius 1 is 1.05 bits per heavy atom. The van der Waals surface area contributed by atoms with Crippen molar-refractivity contribution in [2.75, 3.05) is 7.11 Å². The Labute approximate surface area is 116 Å². The number of carbonyl (C=O) groups is 2. The van der Waals surface area contributed by atoms with Crippen LogP contribution in [0.25, 0.3) is 0 Å². The van der Waals surface area contributed by atoms with Crippen LogP contribution in [0.3, 0.4) is 0 Å². The lowest BCUT2D eigenvalue weighted by atomic mass is 10.0. The van der Waals surface area contributed by atoms with Crippen LogP contribution in [0, 0.1) is 5.82 Å². The molecule has 0 saturated heterocycles. The van der Waals surface area contributed by atoms with Gasteiger partial charge in [-0.3, -0.25) is 9.59 Å². The first-order valence-electron chi connectivity index (χ1n) is 6.07. The maximum atomic E-state index is 13.2. The average molecular weight is 272 g/mol. The van der Waals surface area contributed by atoms with Gasteiger partial charge in [0.15, 0.2) is 11.6 Å². The first-order chi connectivity index (χ1) is 9.61. The third-order valence-electron chi connectivity index (χ3n) is 2.88. The third-order valence-corrected chi connectivity index (χ3v) is 2.88. The molecule has 0 atom stereocenters. The zero-order valence-corrected chi connectivity index (χ0v) is 10.9. The van der Waals surface area contributed by atoms with E-state index in [4.69, 9.17) is 4.74 Å². The first kappa shape index (κ1) is 13.9. The Hall–Kier alpha value is -2.49. The predicted molar refractivity (Wildman–Crippen MR) is 72.7 cm³/mol. The molecule has 2 rings (SSSR count). The van der Waals surface area contributed by atoms with E-state index in [2.05, 4.69) is 0 Å². The van der Waals surface area contributed by atoms with Gasteiger partial charge in [-0.1, -0.05) is 30.3 Å². The van der Waals surface area contributed by atoms with Gasteiger partial charge in [0.25, 0.3) is 0 Å². The van der Waals surface area contributed by atoms with E-state index in [9.17, 15) is 14.0 Å². The minimum Gasteiger partial charge on any atom is -0.496 e. The molecule has 0 fully saturated rings. The second kappa shape index (κ2) is 6.10. The van der Waals surface area contributed by atoms with Gasteiger partial charge in [0, 0.05) is 5.56 Å². The van der Waals surface area contributed by atoms with Crippen LogP contribution in [0.2, 0.25) is 0 Å². The van der Waals surface area contributed by atoms with Gasteiger partial charge >= 0.3 is 0 Å². The lowest BCUT2D eigenvalue weighted by molar-refractivity contribution is 0.0892. The van der Waals surface area contributed by atoms with E-state index in [1.54, 1.807) is 30.3 Å². The Bertz CT molecular complexity index is 635. The molecule has 0 aliphatic carbocycles. The number of benzene rings is 2. The Morgan fingerprint density at radius 2 is 1.75 bits per heavy atom. The summed E-state index contributed by atoms with van der Waals surface area (Å²) >= 11 is 0. The molecule has 0 aliphatic heterocycles. The molecule has 0 bridgehead atoms. The molecular weight excluding hydrogens is 259 g/mol. The molecule has 0 unspecified atom stereocenters. The maximum Gasteiger partial charge on any atom is 0.174 e. The van der Waals surface area contributed by atoms with Gasteiger partial charge < -0.3 is 4.74 Å². The largest absolute Gasteiger partial charge is 0.496 e. The van der Waals surface area contributed by atoms with Crippen LogP contribution < -0.4 is 4.74 Å². The zero-order chi connectivity index (χ0) is 14.5.